The Balaban J connectivity index is 2.44. The van der Waals surface area contributed by atoms with Gasteiger partial charge in [-0.3, -0.25) is 0 Å². The van der Waals surface area contributed by atoms with Gasteiger partial charge in [0.1, 0.15) is 5.82 Å². The Morgan fingerprint density at radius 1 is 1.36 bits per heavy atom. The van der Waals surface area contributed by atoms with Crippen molar-refractivity contribution in [3.05, 3.63) is 29.4 Å². The van der Waals surface area contributed by atoms with Gasteiger partial charge in [0.15, 0.2) is 0 Å². The number of nitrogens with zero attached hydrogens (tertiary/aromatic N) is 1. The van der Waals surface area contributed by atoms with E-state index < -0.39 is 0 Å². The number of imidazole rings is 1. The lowest BCUT2D eigenvalue weighted by Crippen LogP contribution is -2.01. The van der Waals surface area contributed by atoms with Gasteiger partial charge >= 0.3 is 0 Å². The van der Waals surface area contributed by atoms with Gasteiger partial charge in [-0.05, 0) is 12.2 Å². The fraction of sp³-hybridized carbons (Fsp3) is 0.364. The number of nitrogens with two attached hydrogens (primary N) is 1. The number of aromatic amines is 1. The van der Waals surface area contributed by atoms with E-state index >= 15 is 0 Å². The lowest BCUT2D eigenvalue weighted by molar-refractivity contribution is 0.633. The molecular formula is C11H15N3. The molecule has 3 N–H and O–H groups in total. The molecule has 0 bridgehead atoms. The van der Waals surface area contributed by atoms with Gasteiger partial charge < -0.3 is 10.7 Å². The van der Waals surface area contributed by atoms with Gasteiger partial charge in [-0.15, -0.1) is 0 Å². The Labute approximate surface area is 83.7 Å². The summed E-state index contributed by atoms with van der Waals surface area (Å²) in [5.41, 5.74) is 7.64. The van der Waals surface area contributed by atoms with E-state index in [4.69, 9.17) is 5.73 Å². The van der Waals surface area contributed by atoms with Crippen molar-refractivity contribution in [2.45, 2.75) is 20.4 Å². The highest BCUT2D eigenvalue weighted by Gasteiger charge is 2.14. The van der Waals surface area contributed by atoms with Gasteiger partial charge in [-0.2, -0.15) is 0 Å². The number of allylic oxidation sites excluding steroid dienone is 2. The zero-order valence-electron chi connectivity index (χ0n) is 8.54. The Morgan fingerprint density at radius 3 is 2.79 bits per heavy atom. The number of aromatic nitrogens is 2. The van der Waals surface area contributed by atoms with Crippen LogP contribution in [0.2, 0.25) is 0 Å². The average Bonchev–Trinajstić information content (AvgIpc) is 2.49. The SMILES string of the molecule is CC1(C)C=Cc2nc(CN)[nH]c2C=C1. The van der Waals surface area contributed by atoms with Crippen LogP contribution in [0.3, 0.4) is 0 Å². The number of nitrogens with one attached hydrogen (secondary N) is 1. The summed E-state index contributed by atoms with van der Waals surface area (Å²) in [5, 5.41) is 0. The molecule has 1 heterocycles. The lowest BCUT2D eigenvalue weighted by Gasteiger charge is -2.12. The van der Waals surface area contributed by atoms with Crippen molar-refractivity contribution in [2.24, 2.45) is 11.1 Å². The van der Waals surface area contributed by atoms with E-state index in [1.54, 1.807) is 0 Å². The molecule has 1 aliphatic carbocycles. The molecule has 3 nitrogen and oxygen atoms in total. The minimum atomic E-state index is 0.102. The topological polar surface area (TPSA) is 54.7 Å². The predicted octanol–water partition coefficient (Wildman–Crippen LogP) is 1.93. The van der Waals surface area contributed by atoms with Crippen LogP contribution in [0.1, 0.15) is 31.1 Å². The van der Waals surface area contributed by atoms with E-state index in [0.717, 1.165) is 17.2 Å². The largest absolute Gasteiger partial charge is 0.341 e. The highest BCUT2D eigenvalue weighted by Crippen LogP contribution is 2.26. The maximum Gasteiger partial charge on any atom is 0.121 e. The van der Waals surface area contributed by atoms with Gasteiger partial charge in [0.2, 0.25) is 0 Å². The quantitative estimate of drug-likeness (QED) is 0.709. The van der Waals surface area contributed by atoms with E-state index in [2.05, 4.69) is 42.0 Å². The molecule has 14 heavy (non-hydrogen) atoms. The number of H-pyrrole nitrogens is 1. The second kappa shape index (κ2) is 3.10. The third kappa shape index (κ3) is 1.63. The maximum absolute atomic E-state index is 5.51. The molecule has 0 fully saturated rings. The van der Waals surface area contributed by atoms with Gasteiger partial charge in [-0.25, -0.2) is 4.98 Å². The lowest BCUT2D eigenvalue weighted by atomic mass is 9.93. The smallest absolute Gasteiger partial charge is 0.121 e. The van der Waals surface area contributed by atoms with Crippen LogP contribution in [-0.4, -0.2) is 9.97 Å². The van der Waals surface area contributed by atoms with Crippen LogP contribution in [0.15, 0.2) is 12.2 Å². The Hall–Kier alpha value is -1.35. The molecule has 2 rings (SSSR count). The van der Waals surface area contributed by atoms with Crippen LogP contribution in [-0.2, 0) is 6.54 Å². The molecule has 3 heteroatoms. The molecular weight excluding hydrogens is 174 g/mol. The zero-order valence-corrected chi connectivity index (χ0v) is 8.54. The summed E-state index contributed by atoms with van der Waals surface area (Å²) in [4.78, 5) is 7.56. The molecule has 0 amide bonds. The standard InChI is InChI=1S/C11H15N3/c1-11(2)5-3-8-9(4-6-11)14-10(7-12)13-8/h3-6H,7,12H2,1-2H3,(H,13,14). The van der Waals surface area contributed by atoms with Gasteiger partial charge in [0.25, 0.3) is 0 Å². The van der Waals surface area contributed by atoms with Crippen LogP contribution in [0.25, 0.3) is 12.2 Å². The Kier molecular flexibility index (Phi) is 2.04. The van der Waals surface area contributed by atoms with Crippen molar-refractivity contribution in [1.82, 2.24) is 9.97 Å². The minimum absolute atomic E-state index is 0.102. The molecule has 0 radical (unpaired) electrons. The first kappa shape index (κ1) is 9.21. The zero-order chi connectivity index (χ0) is 10.2. The normalized spacial score (nSPS) is 17.9. The molecule has 0 atom stereocenters. The van der Waals surface area contributed by atoms with E-state index in [1.807, 2.05) is 6.08 Å². The number of fused-ring (bicyclic) bond motifs is 1. The van der Waals surface area contributed by atoms with E-state index in [0.29, 0.717) is 6.54 Å². The Bertz CT molecular complexity index is 363. The average molecular weight is 189 g/mol. The number of hydrogen-bond acceptors (Lipinski definition) is 2. The van der Waals surface area contributed by atoms with Crippen LogP contribution in [0, 0.1) is 5.41 Å². The highest BCUT2D eigenvalue weighted by atomic mass is 14.9. The first-order valence-electron chi connectivity index (χ1n) is 4.78. The monoisotopic (exact) mass is 189 g/mol. The van der Waals surface area contributed by atoms with Crippen LogP contribution in [0.5, 0.6) is 0 Å². The summed E-state index contributed by atoms with van der Waals surface area (Å²) < 4.78 is 0. The summed E-state index contributed by atoms with van der Waals surface area (Å²) in [7, 11) is 0. The van der Waals surface area contributed by atoms with Crippen molar-refractivity contribution >= 4 is 12.2 Å². The summed E-state index contributed by atoms with van der Waals surface area (Å²) in [6.45, 7) is 4.78. The van der Waals surface area contributed by atoms with E-state index in [9.17, 15) is 0 Å². The van der Waals surface area contributed by atoms with E-state index in [1.165, 1.54) is 0 Å². The molecule has 0 saturated heterocycles. The summed E-state index contributed by atoms with van der Waals surface area (Å²) >= 11 is 0. The number of rotatable bonds is 1. The van der Waals surface area contributed by atoms with Gasteiger partial charge in [0, 0.05) is 5.41 Å². The summed E-state index contributed by atoms with van der Waals surface area (Å²) in [6.07, 6.45) is 8.43. The van der Waals surface area contributed by atoms with E-state index in [-0.39, 0.29) is 5.41 Å². The third-order valence-corrected chi connectivity index (χ3v) is 2.35. The fourth-order valence-electron chi connectivity index (χ4n) is 1.45. The molecule has 0 spiro atoms. The predicted molar refractivity (Wildman–Crippen MR) is 58.3 cm³/mol. The molecule has 0 aliphatic heterocycles. The van der Waals surface area contributed by atoms with Crippen LogP contribution < -0.4 is 5.73 Å². The second-order valence-corrected chi connectivity index (χ2v) is 4.17. The summed E-state index contributed by atoms with van der Waals surface area (Å²) in [6, 6.07) is 0. The number of hydrogen-bond donors (Lipinski definition) is 2. The second-order valence-electron chi connectivity index (χ2n) is 4.17. The van der Waals surface area contributed by atoms with Gasteiger partial charge in [0.05, 0.1) is 17.9 Å². The van der Waals surface area contributed by atoms with Crippen LogP contribution >= 0.6 is 0 Å². The van der Waals surface area contributed by atoms with Crippen molar-refractivity contribution in [3.8, 4) is 0 Å². The maximum atomic E-state index is 5.51. The van der Waals surface area contributed by atoms with Gasteiger partial charge in [-0.1, -0.05) is 26.0 Å². The van der Waals surface area contributed by atoms with Crippen molar-refractivity contribution in [1.29, 1.82) is 0 Å². The molecule has 0 saturated carbocycles. The first-order chi connectivity index (χ1) is 6.61. The summed E-state index contributed by atoms with van der Waals surface area (Å²) in [5.74, 6) is 0.837. The van der Waals surface area contributed by atoms with Crippen molar-refractivity contribution < 1.29 is 0 Å². The molecule has 0 unspecified atom stereocenters. The van der Waals surface area contributed by atoms with Crippen LogP contribution in [0.4, 0.5) is 0 Å². The van der Waals surface area contributed by atoms with Crippen molar-refractivity contribution in [2.75, 3.05) is 0 Å². The molecule has 1 aromatic heterocycles. The molecule has 1 aliphatic rings. The first-order valence-corrected chi connectivity index (χ1v) is 4.78. The Morgan fingerprint density at radius 2 is 2.07 bits per heavy atom. The molecule has 0 aromatic carbocycles. The third-order valence-electron chi connectivity index (χ3n) is 2.35. The fourth-order valence-corrected chi connectivity index (χ4v) is 1.45. The molecule has 1 aromatic rings. The highest BCUT2D eigenvalue weighted by molar-refractivity contribution is 5.63. The minimum Gasteiger partial charge on any atom is -0.341 e. The van der Waals surface area contributed by atoms with Crippen molar-refractivity contribution in [3.63, 3.8) is 0 Å². The molecule has 74 valence electrons.